The molecule has 1 atom stereocenters. The Morgan fingerprint density at radius 3 is 2.40 bits per heavy atom. The molecule has 0 fully saturated rings. The van der Waals surface area contributed by atoms with E-state index in [1.165, 1.54) is 11.8 Å². The average molecular weight is 359 g/mol. The van der Waals surface area contributed by atoms with Crippen LogP contribution in [0.3, 0.4) is 0 Å². The minimum atomic E-state index is -0.409. The lowest BCUT2D eigenvalue weighted by Gasteiger charge is -2.11. The molecule has 0 aliphatic carbocycles. The van der Waals surface area contributed by atoms with E-state index in [1.54, 1.807) is 14.0 Å². The van der Waals surface area contributed by atoms with Crippen molar-refractivity contribution in [3.8, 4) is 5.75 Å². The summed E-state index contributed by atoms with van der Waals surface area (Å²) < 4.78 is 10.1. The molecule has 2 aromatic rings. The van der Waals surface area contributed by atoms with E-state index in [2.05, 4.69) is 5.32 Å². The molecule has 2 rings (SSSR count). The van der Waals surface area contributed by atoms with Gasteiger partial charge in [-0.15, -0.1) is 11.8 Å². The Morgan fingerprint density at radius 1 is 1.08 bits per heavy atom. The number of amides is 1. The molecular formula is C19H21NO4S. The summed E-state index contributed by atoms with van der Waals surface area (Å²) in [4.78, 5) is 24.7. The van der Waals surface area contributed by atoms with Gasteiger partial charge in [-0.3, -0.25) is 9.59 Å². The monoisotopic (exact) mass is 359 g/mol. The maximum absolute atomic E-state index is 12.0. The molecule has 5 nitrogen and oxygen atoms in total. The van der Waals surface area contributed by atoms with Gasteiger partial charge in [-0.1, -0.05) is 30.3 Å². The van der Waals surface area contributed by atoms with Crippen molar-refractivity contribution in [2.75, 3.05) is 13.7 Å². The van der Waals surface area contributed by atoms with Crippen molar-refractivity contribution in [2.24, 2.45) is 0 Å². The topological polar surface area (TPSA) is 64.6 Å². The molecule has 2 aromatic carbocycles. The molecule has 0 saturated heterocycles. The van der Waals surface area contributed by atoms with Crippen LogP contribution in [-0.2, 0) is 20.9 Å². The fraction of sp³-hybridized carbons (Fsp3) is 0.263. The van der Waals surface area contributed by atoms with Gasteiger partial charge in [0.15, 0.2) is 6.61 Å². The SMILES string of the molecule is COc1ccc(CNC(=O)COC(=O)[C@@H](C)Sc2ccccc2)cc1. The number of benzene rings is 2. The molecule has 0 unspecified atom stereocenters. The highest BCUT2D eigenvalue weighted by molar-refractivity contribution is 8.00. The molecule has 132 valence electrons. The van der Waals surface area contributed by atoms with Crippen LogP contribution in [0.1, 0.15) is 12.5 Å². The van der Waals surface area contributed by atoms with Gasteiger partial charge in [0.2, 0.25) is 0 Å². The third kappa shape index (κ3) is 6.51. The van der Waals surface area contributed by atoms with Gasteiger partial charge in [0, 0.05) is 11.4 Å². The van der Waals surface area contributed by atoms with Gasteiger partial charge in [0.05, 0.1) is 7.11 Å². The zero-order valence-corrected chi connectivity index (χ0v) is 15.0. The predicted molar refractivity (Wildman–Crippen MR) is 97.6 cm³/mol. The van der Waals surface area contributed by atoms with E-state index in [0.29, 0.717) is 6.54 Å². The lowest BCUT2D eigenvalue weighted by Crippen LogP contribution is -2.30. The van der Waals surface area contributed by atoms with Crippen LogP contribution in [-0.4, -0.2) is 30.8 Å². The summed E-state index contributed by atoms with van der Waals surface area (Å²) in [6, 6.07) is 17.0. The van der Waals surface area contributed by atoms with E-state index in [1.807, 2.05) is 54.6 Å². The summed E-state index contributed by atoms with van der Waals surface area (Å²) in [6.07, 6.45) is 0. The zero-order valence-electron chi connectivity index (χ0n) is 14.2. The molecular weight excluding hydrogens is 338 g/mol. The molecule has 0 heterocycles. The second kappa shape index (κ2) is 9.74. The minimum absolute atomic E-state index is 0.283. The van der Waals surface area contributed by atoms with Crippen LogP contribution in [0.2, 0.25) is 0 Å². The second-order valence-corrected chi connectivity index (χ2v) is 6.72. The van der Waals surface area contributed by atoms with E-state index >= 15 is 0 Å². The number of ether oxygens (including phenoxy) is 2. The van der Waals surface area contributed by atoms with Crippen molar-refractivity contribution in [2.45, 2.75) is 23.6 Å². The van der Waals surface area contributed by atoms with Crippen molar-refractivity contribution in [3.05, 3.63) is 60.2 Å². The second-order valence-electron chi connectivity index (χ2n) is 5.31. The Bertz CT molecular complexity index is 688. The number of hydrogen-bond acceptors (Lipinski definition) is 5. The molecule has 0 bridgehead atoms. The first-order valence-electron chi connectivity index (χ1n) is 7.86. The maximum atomic E-state index is 12.0. The van der Waals surface area contributed by atoms with Crippen molar-refractivity contribution in [1.82, 2.24) is 5.32 Å². The molecule has 1 N–H and O–H groups in total. The molecule has 0 radical (unpaired) electrons. The third-order valence-corrected chi connectivity index (χ3v) is 4.47. The summed E-state index contributed by atoms with van der Waals surface area (Å²) in [5.74, 6) is 0.0171. The van der Waals surface area contributed by atoms with E-state index in [-0.39, 0.29) is 17.8 Å². The standard InChI is InChI=1S/C19H21NO4S/c1-14(25-17-6-4-3-5-7-17)19(22)24-13-18(21)20-12-15-8-10-16(23-2)11-9-15/h3-11,14H,12-13H2,1-2H3,(H,20,21)/t14-/m1/s1. The van der Waals surface area contributed by atoms with Gasteiger partial charge >= 0.3 is 5.97 Å². The zero-order chi connectivity index (χ0) is 18.1. The Hall–Kier alpha value is -2.47. The fourth-order valence-electron chi connectivity index (χ4n) is 2.00. The molecule has 6 heteroatoms. The summed E-state index contributed by atoms with van der Waals surface area (Å²) >= 11 is 1.40. The van der Waals surface area contributed by atoms with Gasteiger partial charge < -0.3 is 14.8 Å². The first-order valence-corrected chi connectivity index (χ1v) is 8.74. The van der Waals surface area contributed by atoms with E-state index in [9.17, 15) is 9.59 Å². The summed E-state index contributed by atoms with van der Waals surface area (Å²) in [5.41, 5.74) is 0.938. The summed E-state index contributed by atoms with van der Waals surface area (Å²) in [6.45, 7) is 1.85. The van der Waals surface area contributed by atoms with E-state index in [0.717, 1.165) is 16.2 Å². The molecule has 25 heavy (non-hydrogen) atoms. The molecule has 0 aliphatic heterocycles. The van der Waals surface area contributed by atoms with E-state index < -0.39 is 5.97 Å². The number of hydrogen-bond donors (Lipinski definition) is 1. The van der Waals surface area contributed by atoms with Crippen molar-refractivity contribution < 1.29 is 19.1 Å². The number of esters is 1. The molecule has 0 spiro atoms. The molecule has 0 aliphatic rings. The van der Waals surface area contributed by atoms with Crippen molar-refractivity contribution in [3.63, 3.8) is 0 Å². The molecule has 0 saturated carbocycles. The number of thioether (sulfide) groups is 1. The normalized spacial score (nSPS) is 11.4. The van der Waals surface area contributed by atoms with Crippen LogP contribution in [0.5, 0.6) is 5.75 Å². The molecule has 1 amide bonds. The van der Waals surface area contributed by atoms with Crippen LogP contribution < -0.4 is 10.1 Å². The highest BCUT2D eigenvalue weighted by Crippen LogP contribution is 2.23. The van der Waals surface area contributed by atoms with Gasteiger partial charge in [-0.25, -0.2) is 0 Å². The first-order chi connectivity index (χ1) is 12.1. The third-order valence-electron chi connectivity index (χ3n) is 3.38. The Kier molecular flexibility index (Phi) is 7.35. The maximum Gasteiger partial charge on any atom is 0.319 e. The van der Waals surface area contributed by atoms with Gasteiger partial charge in [-0.05, 0) is 36.8 Å². The largest absolute Gasteiger partial charge is 0.497 e. The van der Waals surface area contributed by atoms with Crippen LogP contribution in [0, 0.1) is 0 Å². The summed E-state index contributed by atoms with van der Waals surface area (Å²) in [5, 5.41) is 2.34. The van der Waals surface area contributed by atoms with Crippen LogP contribution in [0.15, 0.2) is 59.5 Å². The lowest BCUT2D eigenvalue weighted by atomic mass is 10.2. The highest BCUT2D eigenvalue weighted by atomic mass is 32.2. The number of carbonyl (C=O) groups is 2. The van der Waals surface area contributed by atoms with E-state index in [4.69, 9.17) is 9.47 Å². The van der Waals surface area contributed by atoms with Crippen molar-refractivity contribution >= 4 is 23.6 Å². The summed E-state index contributed by atoms with van der Waals surface area (Å²) in [7, 11) is 1.60. The highest BCUT2D eigenvalue weighted by Gasteiger charge is 2.17. The van der Waals surface area contributed by atoms with Crippen molar-refractivity contribution in [1.29, 1.82) is 0 Å². The number of rotatable bonds is 8. The number of methoxy groups -OCH3 is 1. The first kappa shape index (κ1) is 18.9. The minimum Gasteiger partial charge on any atom is -0.497 e. The molecule has 0 aromatic heterocycles. The van der Waals surface area contributed by atoms with Crippen LogP contribution >= 0.6 is 11.8 Å². The number of carbonyl (C=O) groups excluding carboxylic acids is 2. The van der Waals surface area contributed by atoms with Gasteiger partial charge in [-0.2, -0.15) is 0 Å². The number of nitrogens with one attached hydrogen (secondary N) is 1. The predicted octanol–water partition coefficient (Wildman–Crippen LogP) is 3.04. The van der Waals surface area contributed by atoms with Crippen LogP contribution in [0.4, 0.5) is 0 Å². The Labute approximate surface area is 151 Å². The Morgan fingerprint density at radius 2 is 1.76 bits per heavy atom. The quantitative estimate of drug-likeness (QED) is 0.580. The smallest absolute Gasteiger partial charge is 0.319 e. The fourth-order valence-corrected chi connectivity index (χ4v) is 2.89. The van der Waals surface area contributed by atoms with Gasteiger partial charge in [0.1, 0.15) is 11.0 Å². The average Bonchev–Trinajstić information content (AvgIpc) is 2.65. The van der Waals surface area contributed by atoms with Gasteiger partial charge in [0.25, 0.3) is 5.91 Å². The lowest BCUT2D eigenvalue weighted by molar-refractivity contribution is -0.147. The Balaban J connectivity index is 1.70. The van der Waals surface area contributed by atoms with Crippen LogP contribution in [0.25, 0.3) is 0 Å².